The minimum atomic E-state index is -0.650. The van der Waals surface area contributed by atoms with E-state index in [-0.39, 0.29) is 5.56 Å². The molecule has 2 aromatic rings. The van der Waals surface area contributed by atoms with Crippen molar-refractivity contribution in [1.29, 1.82) is 0 Å². The molecular formula is C18H18BrNO5. The van der Waals surface area contributed by atoms with E-state index in [9.17, 15) is 9.59 Å². The normalized spacial score (nSPS) is 10.1. The zero-order chi connectivity index (χ0) is 18.4. The van der Waals surface area contributed by atoms with Crippen molar-refractivity contribution in [1.82, 2.24) is 0 Å². The molecule has 0 aliphatic carbocycles. The topological polar surface area (TPSA) is 73.9 Å². The maximum absolute atomic E-state index is 12.2. The van der Waals surface area contributed by atoms with Gasteiger partial charge in [-0.05, 0) is 52.7 Å². The molecule has 0 saturated heterocycles. The fourth-order valence-corrected chi connectivity index (χ4v) is 2.67. The summed E-state index contributed by atoms with van der Waals surface area (Å²) in [5, 5.41) is 2.67. The maximum Gasteiger partial charge on any atom is 0.338 e. The Kier molecular flexibility index (Phi) is 6.41. The van der Waals surface area contributed by atoms with Crippen LogP contribution in [0.2, 0.25) is 0 Å². The van der Waals surface area contributed by atoms with Crippen LogP contribution in [-0.4, -0.2) is 32.7 Å². The molecule has 2 rings (SSSR count). The number of carbonyl (C=O) groups excluding carboxylic acids is 2. The molecule has 0 heterocycles. The Labute approximate surface area is 154 Å². The average molecular weight is 408 g/mol. The molecule has 1 N–H and O–H groups in total. The van der Waals surface area contributed by atoms with Gasteiger partial charge in [-0.3, -0.25) is 4.79 Å². The highest BCUT2D eigenvalue weighted by Gasteiger charge is 2.16. The number of amides is 1. The molecule has 25 heavy (non-hydrogen) atoms. The van der Waals surface area contributed by atoms with Crippen molar-refractivity contribution in [3.05, 3.63) is 52.0 Å². The number of carbonyl (C=O) groups is 2. The molecule has 0 aliphatic rings. The summed E-state index contributed by atoms with van der Waals surface area (Å²) in [5.41, 5.74) is 1.89. The number of benzene rings is 2. The highest BCUT2D eigenvalue weighted by atomic mass is 79.9. The number of rotatable bonds is 6. The first-order valence-corrected chi connectivity index (χ1v) is 8.19. The van der Waals surface area contributed by atoms with Gasteiger partial charge in [-0.15, -0.1) is 0 Å². The lowest BCUT2D eigenvalue weighted by Gasteiger charge is -2.11. The number of aryl methyl sites for hydroxylation is 1. The molecule has 132 valence electrons. The standard InChI is InChI=1S/C18H18BrNO5/c1-11-5-4-6-13(7-11)20-16(21)10-25-18(22)12-8-14(23-2)17(19)15(9-12)24-3/h4-9H,10H2,1-3H3,(H,20,21). The van der Waals surface area contributed by atoms with E-state index in [1.165, 1.54) is 26.4 Å². The molecule has 0 radical (unpaired) electrons. The molecule has 0 fully saturated rings. The van der Waals surface area contributed by atoms with Crippen molar-refractivity contribution in [2.45, 2.75) is 6.92 Å². The molecular weight excluding hydrogens is 390 g/mol. The largest absolute Gasteiger partial charge is 0.495 e. The van der Waals surface area contributed by atoms with Gasteiger partial charge in [0.25, 0.3) is 5.91 Å². The Morgan fingerprint density at radius 1 is 1.08 bits per heavy atom. The van der Waals surface area contributed by atoms with Crippen LogP contribution in [0.5, 0.6) is 11.5 Å². The molecule has 2 aromatic carbocycles. The number of hydrogen-bond acceptors (Lipinski definition) is 5. The van der Waals surface area contributed by atoms with Crippen molar-refractivity contribution in [3.8, 4) is 11.5 Å². The highest BCUT2D eigenvalue weighted by molar-refractivity contribution is 9.10. The first-order valence-electron chi connectivity index (χ1n) is 7.39. The first kappa shape index (κ1) is 18.8. The van der Waals surface area contributed by atoms with E-state index in [0.717, 1.165) is 5.56 Å². The predicted octanol–water partition coefficient (Wildman–Crippen LogP) is 3.57. The van der Waals surface area contributed by atoms with Crippen LogP contribution >= 0.6 is 15.9 Å². The van der Waals surface area contributed by atoms with E-state index >= 15 is 0 Å². The number of methoxy groups -OCH3 is 2. The summed E-state index contributed by atoms with van der Waals surface area (Å²) >= 11 is 3.32. The average Bonchev–Trinajstić information content (AvgIpc) is 2.60. The minimum absolute atomic E-state index is 0.222. The minimum Gasteiger partial charge on any atom is -0.495 e. The van der Waals surface area contributed by atoms with E-state index < -0.39 is 18.5 Å². The summed E-state index contributed by atoms with van der Waals surface area (Å²) in [6, 6.07) is 10.4. The molecule has 0 unspecified atom stereocenters. The van der Waals surface area contributed by atoms with Gasteiger partial charge in [-0.25, -0.2) is 4.79 Å². The fraction of sp³-hybridized carbons (Fsp3) is 0.222. The number of anilines is 1. The van der Waals surface area contributed by atoms with Crippen molar-refractivity contribution < 1.29 is 23.8 Å². The second-order valence-electron chi connectivity index (χ2n) is 5.19. The quantitative estimate of drug-likeness (QED) is 0.740. The molecule has 6 nitrogen and oxygen atoms in total. The van der Waals surface area contributed by atoms with Gasteiger partial charge < -0.3 is 19.5 Å². The van der Waals surface area contributed by atoms with E-state index in [0.29, 0.717) is 21.7 Å². The van der Waals surface area contributed by atoms with E-state index in [1.54, 1.807) is 6.07 Å². The van der Waals surface area contributed by atoms with Gasteiger partial charge in [0.05, 0.1) is 19.8 Å². The van der Waals surface area contributed by atoms with Gasteiger partial charge in [0.15, 0.2) is 6.61 Å². The Balaban J connectivity index is 2.01. The summed E-state index contributed by atoms with van der Waals surface area (Å²) in [5.74, 6) is -0.218. The summed E-state index contributed by atoms with van der Waals surface area (Å²) in [6.07, 6.45) is 0. The van der Waals surface area contributed by atoms with Crippen LogP contribution in [0.25, 0.3) is 0 Å². The van der Waals surface area contributed by atoms with Gasteiger partial charge in [-0.2, -0.15) is 0 Å². The Bertz CT molecular complexity index is 766. The monoisotopic (exact) mass is 407 g/mol. The van der Waals surface area contributed by atoms with E-state index in [4.69, 9.17) is 14.2 Å². The van der Waals surface area contributed by atoms with Crippen LogP contribution in [0.3, 0.4) is 0 Å². The van der Waals surface area contributed by atoms with Gasteiger partial charge >= 0.3 is 5.97 Å². The molecule has 0 atom stereocenters. The molecule has 1 amide bonds. The number of nitrogens with one attached hydrogen (secondary N) is 1. The Morgan fingerprint density at radius 2 is 1.72 bits per heavy atom. The molecule has 0 aromatic heterocycles. The number of halogens is 1. The van der Waals surface area contributed by atoms with Crippen molar-refractivity contribution in [2.24, 2.45) is 0 Å². The van der Waals surface area contributed by atoms with Crippen molar-refractivity contribution in [2.75, 3.05) is 26.1 Å². The molecule has 0 saturated carbocycles. The van der Waals surface area contributed by atoms with Gasteiger partial charge in [0, 0.05) is 5.69 Å². The Morgan fingerprint density at radius 3 is 2.28 bits per heavy atom. The summed E-state index contributed by atoms with van der Waals surface area (Å²) in [7, 11) is 2.95. The smallest absolute Gasteiger partial charge is 0.338 e. The van der Waals surface area contributed by atoms with Crippen LogP contribution in [0, 0.1) is 6.92 Å². The van der Waals surface area contributed by atoms with Crippen molar-refractivity contribution in [3.63, 3.8) is 0 Å². The number of hydrogen-bond donors (Lipinski definition) is 1. The van der Waals surface area contributed by atoms with Crippen molar-refractivity contribution >= 4 is 33.5 Å². The zero-order valence-electron chi connectivity index (χ0n) is 14.1. The van der Waals surface area contributed by atoms with Crippen LogP contribution in [0.15, 0.2) is 40.9 Å². The summed E-state index contributed by atoms with van der Waals surface area (Å²) < 4.78 is 16.0. The predicted molar refractivity (Wildman–Crippen MR) is 97.3 cm³/mol. The number of ether oxygens (including phenoxy) is 3. The molecule has 0 aliphatic heterocycles. The highest BCUT2D eigenvalue weighted by Crippen LogP contribution is 2.35. The van der Waals surface area contributed by atoms with Crippen LogP contribution in [-0.2, 0) is 9.53 Å². The van der Waals surface area contributed by atoms with Crippen LogP contribution in [0.4, 0.5) is 5.69 Å². The van der Waals surface area contributed by atoms with Crippen LogP contribution in [0.1, 0.15) is 15.9 Å². The van der Waals surface area contributed by atoms with Gasteiger partial charge in [0.2, 0.25) is 0 Å². The molecule has 0 bridgehead atoms. The third-order valence-electron chi connectivity index (χ3n) is 3.32. The Hall–Kier alpha value is -2.54. The third kappa shape index (κ3) is 4.96. The second kappa shape index (κ2) is 8.53. The lowest BCUT2D eigenvalue weighted by Crippen LogP contribution is -2.21. The lowest BCUT2D eigenvalue weighted by molar-refractivity contribution is -0.119. The van der Waals surface area contributed by atoms with Gasteiger partial charge in [0.1, 0.15) is 16.0 Å². The third-order valence-corrected chi connectivity index (χ3v) is 4.10. The van der Waals surface area contributed by atoms with E-state index in [1.807, 2.05) is 25.1 Å². The first-order chi connectivity index (χ1) is 11.9. The van der Waals surface area contributed by atoms with Gasteiger partial charge in [-0.1, -0.05) is 12.1 Å². The second-order valence-corrected chi connectivity index (χ2v) is 5.98. The summed E-state index contributed by atoms with van der Waals surface area (Å²) in [4.78, 5) is 24.1. The fourth-order valence-electron chi connectivity index (χ4n) is 2.12. The number of esters is 1. The SMILES string of the molecule is COc1cc(C(=O)OCC(=O)Nc2cccc(C)c2)cc(OC)c1Br. The lowest BCUT2D eigenvalue weighted by atomic mass is 10.2. The summed E-state index contributed by atoms with van der Waals surface area (Å²) in [6.45, 7) is 1.53. The zero-order valence-corrected chi connectivity index (χ0v) is 15.7. The molecule has 0 spiro atoms. The molecule has 7 heteroatoms. The van der Waals surface area contributed by atoms with E-state index in [2.05, 4.69) is 21.2 Å². The maximum atomic E-state index is 12.2. The van der Waals surface area contributed by atoms with Crippen LogP contribution < -0.4 is 14.8 Å².